The number of aromatic nitrogens is 1. The Kier molecular flexibility index (Phi) is 8.65. The Bertz CT molecular complexity index is 1360. The van der Waals surface area contributed by atoms with Crippen molar-refractivity contribution in [2.75, 3.05) is 51.3 Å². The van der Waals surface area contributed by atoms with E-state index in [0.29, 0.717) is 61.4 Å². The molecule has 1 N–H and O–H groups in total. The van der Waals surface area contributed by atoms with Gasteiger partial charge in [0, 0.05) is 51.5 Å². The maximum atomic E-state index is 13.9. The third-order valence-electron chi connectivity index (χ3n) is 7.63. The van der Waals surface area contributed by atoms with Crippen LogP contribution >= 0.6 is 11.6 Å². The van der Waals surface area contributed by atoms with Gasteiger partial charge in [0.2, 0.25) is 0 Å². The van der Waals surface area contributed by atoms with Crippen LogP contribution in [-0.4, -0.2) is 66.2 Å². The number of rotatable bonds is 7. The maximum absolute atomic E-state index is 13.9. The fourth-order valence-electron chi connectivity index (χ4n) is 5.30. The second kappa shape index (κ2) is 12.3. The molecule has 206 valence electrons. The largest absolute Gasteiger partial charge is 0.379 e. The maximum Gasteiger partial charge on any atom is 0.257 e. The molecule has 2 aromatic carbocycles. The zero-order valence-corrected chi connectivity index (χ0v) is 22.9. The summed E-state index contributed by atoms with van der Waals surface area (Å²) in [6.45, 7) is 7.34. The van der Waals surface area contributed by atoms with Gasteiger partial charge in [-0.2, -0.15) is 0 Å². The Morgan fingerprint density at radius 2 is 1.72 bits per heavy atom. The molecule has 1 amide bonds. The van der Waals surface area contributed by atoms with Crippen molar-refractivity contribution in [1.29, 1.82) is 0 Å². The molecule has 2 saturated heterocycles. The molecule has 0 bridgehead atoms. The van der Waals surface area contributed by atoms with E-state index in [2.05, 4.69) is 10.2 Å². The van der Waals surface area contributed by atoms with Crippen molar-refractivity contribution in [2.24, 2.45) is 0 Å². The van der Waals surface area contributed by atoms with Gasteiger partial charge in [-0.15, -0.1) is 0 Å². The highest BCUT2D eigenvalue weighted by Gasteiger charge is 2.27. The van der Waals surface area contributed by atoms with Gasteiger partial charge < -0.3 is 19.5 Å². The van der Waals surface area contributed by atoms with Gasteiger partial charge in [0.05, 0.1) is 35.2 Å². The van der Waals surface area contributed by atoms with E-state index < -0.39 is 0 Å². The van der Waals surface area contributed by atoms with Crippen molar-refractivity contribution < 1.29 is 13.9 Å². The molecule has 2 aliphatic heterocycles. The summed E-state index contributed by atoms with van der Waals surface area (Å²) in [4.78, 5) is 31.1. The van der Waals surface area contributed by atoms with Crippen LogP contribution in [-0.2, 0) is 11.3 Å². The number of nitrogens with one attached hydrogen (secondary N) is 1. The van der Waals surface area contributed by atoms with Gasteiger partial charge in [-0.25, -0.2) is 4.39 Å². The molecule has 5 rings (SSSR count). The van der Waals surface area contributed by atoms with Gasteiger partial charge in [0.25, 0.3) is 11.5 Å². The summed E-state index contributed by atoms with van der Waals surface area (Å²) < 4.78 is 20.4. The normalized spacial score (nSPS) is 16.8. The van der Waals surface area contributed by atoms with Crippen LogP contribution in [0.1, 0.15) is 40.2 Å². The second-order valence-corrected chi connectivity index (χ2v) is 10.7. The number of nitrogens with zero attached hydrogens (tertiary/aromatic N) is 3. The molecular formula is C30H34ClFN4O3. The highest BCUT2D eigenvalue weighted by Crippen LogP contribution is 2.31. The zero-order chi connectivity index (χ0) is 27.4. The van der Waals surface area contributed by atoms with Crippen LogP contribution in [0.4, 0.5) is 15.8 Å². The minimum atomic E-state index is -0.246. The molecular weight excluding hydrogens is 519 g/mol. The minimum Gasteiger partial charge on any atom is -0.379 e. The standard InChI is InChI=1S/C30H34ClFN4O3/c1-21-2-7-26(31)28(18-21)33-27-19-29(37)36(13-12-34-14-16-39-17-15-34)20-25(27)30(38)35-10-8-23(9-11-35)22-3-5-24(32)6-4-22/h2-7,18-20,23,33H,8-17H2,1H3. The number of likely N-dealkylation sites (tertiary alicyclic amines) is 1. The molecule has 1 aromatic heterocycles. The monoisotopic (exact) mass is 552 g/mol. The van der Waals surface area contributed by atoms with Gasteiger partial charge in [0.1, 0.15) is 5.82 Å². The average molecular weight is 553 g/mol. The molecule has 9 heteroatoms. The van der Waals surface area contributed by atoms with Crippen molar-refractivity contribution in [3.8, 4) is 0 Å². The Morgan fingerprint density at radius 1 is 1.00 bits per heavy atom. The highest BCUT2D eigenvalue weighted by atomic mass is 35.5. The van der Waals surface area contributed by atoms with Gasteiger partial charge >= 0.3 is 0 Å². The number of morpholine rings is 1. The first kappa shape index (κ1) is 27.4. The lowest BCUT2D eigenvalue weighted by Gasteiger charge is -2.33. The molecule has 0 spiro atoms. The first-order valence-electron chi connectivity index (χ1n) is 13.5. The SMILES string of the molecule is Cc1ccc(Cl)c(Nc2cc(=O)n(CCN3CCOCC3)cc2C(=O)N2CCC(c3ccc(F)cc3)CC2)c1. The van der Waals surface area contributed by atoms with Crippen LogP contribution < -0.4 is 10.9 Å². The summed E-state index contributed by atoms with van der Waals surface area (Å²) >= 11 is 6.44. The van der Waals surface area contributed by atoms with E-state index in [1.54, 1.807) is 16.8 Å². The fourth-order valence-corrected chi connectivity index (χ4v) is 5.46. The van der Waals surface area contributed by atoms with Gasteiger partial charge in [0.15, 0.2) is 0 Å². The van der Waals surface area contributed by atoms with Crippen LogP contribution in [0.15, 0.2) is 59.5 Å². The summed E-state index contributed by atoms with van der Waals surface area (Å²) in [6, 6.07) is 13.7. The summed E-state index contributed by atoms with van der Waals surface area (Å²) in [5.74, 6) is -0.0939. The van der Waals surface area contributed by atoms with Gasteiger partial charge in [-0.3, -0.25) is 14.5 Å². The molecule has 3 heterocycles. The molecule has 2 aliphatic rings. The Balaban J connectivity index is 1.38. The average Bonchev–Trinajstić information content (AvgIpc) is 2.95. The fraction of sp³-hybridized carbons (Fsp3) is 0.400. The van der Waals surface area contributed by atoms with Crippen molar-refractivity contribution in [1.82, 2.24) is 14.4 Å². The van der Waals surface area contributed by atoms with Crippen LogP contribution in [0.5, 0.6) is 0 Å². The molecule has 0 radical (unpaired) electrons. The lowest BCUT2D eigenvalue weighted by Crippen LogP contribution is -2.40. The van der Waals surface area contributed by atoms with E-state index in [1.807, 2.05) is 36.1 Å². The lowest BCUT2D eigenvalue weighted by atomic mass is 9.89. The number of carbonyl (C=O) groups is 1. The number of amides is 1. The Labute approximate surface area is 233 Å². The van der Waals surface area contributed by atoms with E-state index in [0.717, 1.165) is 37.1 Å². The van der Waals surface area contributed by atoms with Crippen molar-refractivity contribution >= 4 is 28.9 Å². The van der Waals surface area contributed by atoms with Crippen LogP contribution in [0.2, 0.25) is 5.02 Å². The third-order valence-corrected chi connectivity index (χ3v) is 7.96. The topological polar surface area (TPSA) is 66.8 Å². The quantitative estimate of drug-likeness (QED) is 0.444. The predicted octanol–water partition coefficient (Wildman–Crippen LogP) is 5.04. The number of pyridine rings is 1. The zero-order valence-electron chi connectivity index (χ0n) is 22.2. The van der Waals surface area contributed by atoms with Crippen molar-refractivity contribution in [2.45, 2.75) is 32.2 Å². The molecule has 7 nitrogen and oxygen atoms in total. The highest BCUT2D eigenvalue weighted by molar-refractivity contribution is 6.33. The van der Waals surface area contributed by atoms with E-state index >= 15 is 0 Å². The van der Waals surface area contributed by atoms with Gasteiger partial charge in [-0.05, 0) is 61.1 Å². The summed E-state index contributed by atoms with van der Waals surface area (Å²) in [7, 11) is 0. The molecule has 0 atom stereocenters. The molecule has 0 saturated carbocycles. The summed E-state index contributed by atoms with van der Waals surface area (Å²) in [6.07, 6.45) is 3.27. The molecule has 0 aliphatic carbocycles. The lowest BCUT2D eigenvalue weighted by molar-refractivity contribution is 0.0362. The number of anilines is 2. The number of hydrogen-bond acceptors (Lipinski definition) is 5. The first-order chi connectivity index (χ1) is 18.9. The van der Waals surface area contributed by atoms with E-state index in [9.17, 15) is 14.0 Å². The van der Waals surface area contributed by atoms with Gasteiger partial charge in [-0.1, -0.05) is 29.8 Å². The number of hydrogen-bond donors (Lipinski definition) is 1. The summed E-state index contributed by atoms with van der Waals surface area (Å²) in [5, 5.41) is 3.77. The number of carbonyl (C=O) groups excluding carboxylic acids is 1. The second-order valence-electron chi connectivity index (χ2n) is 10.3. The smallest absolute Gasteiger partial charge is 0.257 e. The summed E-state index contributed by atoms with van der Waals surface area (Å²) in [5.41, 5.74) is 3.45. The van der Waals surface area contributed by atoms with Crippen LogP contribution in [0.3, 0.4) is 0 Å². The number of benzene rings is 2. The number of halogens is 2. The number of aryl methyl sites for hydroxylation is 1. The minimum absolute atomic E-state index is 0.126. The molecule has 0 unspecified atom stereocenters. The molecule has 39 heavy (non-hydrogen) atoms. The molecule has 2 fully saturated rings. The molecule has 3 aromatic rings. The number of piperidine rings is 1. The van der Waals surface area contributed by atoms with Crippen molar-refractivity contribution in [3.05, 3.63) is 92.6 Å². The Hall–Kier alpha value is -3.20. The number of ether oxygens (including phenoxy) is 1. The Morgan fingerprint density at radius 3 is 2.44 bits per heavy atom. The van der Waals surface area contributed by atoms with Crippen LogP contribution in [0.25, 0.3) is 0 Å². The van der Waals surface area contributed by atoms with E-state index in [4.69, 9.17) is 16.3 Å². The first-order valence-corrected chi connectivity index (χ1v) is 13.9. The van der Waals surface area contributed by atoms with E-state index in [-0.39, 0.29) is 23.2 Å². The third kappa shape index (κ3) is 6.69. The van der Waals surface area contributed by atoms with E-state index in [1.165, 1.54) is 18.2 Å². The predicted molar refractivity (Wildman–Crippen MR) is 152 cm³/mol. The van der Waals surface area contributed by atoms with Crippen molar-refractivity contribution in [3.63, 3.8) is 0 Å². The van der Waals surface area contributed by atoms with Crippen LogP contribution in [0, 0.1) is 12.7 Å².